The summed E-state index contributed by atoms with van der Waals surface area (Å²) in [5.41, 5.74) is 2.21. The Kier molecular flexibility index (Phi) is 8.75. The molecular weight excluding hydrogens is 454 g/mol. The van der Waals surface area contributed by atoms with E-state index in [0.29, 0.717) is 42.3 Å². The van der Waals surface area contributed by atoms with E-state index in [-0.39, 0.29) is 5.91 Å². The van der Waals surface area contributed by atoms with Gasteiger partial charge in [0.1, 0.15) is 12.4 Å². The van der Waals surface area contributed by atoms with Gasteiger partial charge in [-0.3, -0.25) is 9.59 Å². The molecule has 0 spiro atoms. The van der Waals surface area contributed by atoms with Crippen molar-refractivity contribution in [2.75, 3.05) is 25.0 Å². The third kappa shape index (κ3) is 6.89. The van der Waals surface area contributed by atoms with Gasteiger partial charge in [-0.25, -0.2) is 9.78 Å². The molecule has 34 heavy (non-hydrogen) atoms. The lowest BCUT2D eigenvalue weighted by atomic mass is 10.2. The van der Waals surface area contributed by atoms with Gasteiger partial charge in [0, 0.05) is 29.7 Å². The van der Waals surface area contributed by atoms with Crippen molar-refractivity contribution in [3.8, 4) is 5.75 Å². The van der Waals surface area contributed by atoms with Gasteiger partial charge in [0.15, 0.2) is 6.61 Å². The van der Waals surface area contributed by atoms with Crippen LogP contribution in [0.4, 0.5) is 5.69 Å². The largest absolute Gasteiger partial charge is 0.487 e. The van der Waals surface area contributed by atoms with Gasteiger partial charge >= 0.3 is 5.97 Å². The average molecular weight is 482 g/mol. The van der Waals surface area contributed by atoms with Crippen LogP contribution in [0, 0.1) is 6.92 Å². The second kappa shape index (κ2) is 11.9. The summed E-state index contributed by atoms with van der Waals surface area (Å²) in [7, 11) is 0. The maximum absolute atomic E-state index is 12.3. The SMILES string of the molecule is CCN(CC)C(=O)c1ccc(NC(=O)COC(=O)c2ccc(OCc3csc(C)n3)cc2)cc1. The Balaban J connectivity index is 1.45. The van der Waals surface area contributed by atoms with Crippen molar-refractivity contribution in [3.05, 3.63) is 75.7 Å². The summed E-state index contributed by atoms with van der Waals surface area (Å²) in [4.78, 5) is 42.8. The first-order valence-electron chi connectivity index (χ1n) is 10.9. The van der Waals surface area contributed by atoms with Crippen LogP contribution < -0.4 is 10.1 Å². The van der Waals surface area contributed by atoms with Crippen LogP contribution in [-0.2, 0) is 16.1 Å². The first kappa shape index (κ1) is 24.9. The molecule has 3 rings (SSSR count). The van der Waals surface area contributed by atoms with Gasteiger partial charge in [-0.2, -0.15) is 0 Å². The van der Waals surface area contributed by atoms with E-state index in [2.05, 4.69) is 10.3 Å². The molecule has 0 saturated heterocycles. The number of anilines is 1. The summed E-state index contributed by atoms with van der Waals surface area (Å²) in [6, 6.07) is 13.1. The minimum absolute atomic E-state index is 0.0635. The van der Waals surface area contributed by atoms with Crippen LogP contribution >= 0.6 is 11.3 Å². The molecule has 1 aromatic heterocycles. The Morgan fingerprint density at radius 3 is 2.21 bits per heavy atom. The number of thiazole rings is 1. The fraction of sp³-hybridized carbons (Fsp3) is 0.280. The average Bonchev–Trinajstić information content (AvgIpc) is 3.27. The van der Waals surface area contributed by atoms with Crippen molar-refractivity contribution in [1.29, 1.82) is 0 Å². The smallest absolute Gasteiger partial charge is 0.338 e. The lowest BCUT2D eigenvalue weighted by molar-refractivity contribution is -0.119. The van der Waals surface area contributed by atoms with Crippen LogP contribution in [0.5, 0.6) is 5.75 Å². The summed E-state index contributed by atoms with van der Waals surface area (Å²) in [5, 5.41) is 5.56. The van der Waals surface area contributed by atoms with Crippen molar-refractivity contribution < 1.29 is 23.9 Å². The standard InChI is InChI=1S/C25H27N3O5S/c1-4-28(5-2)24(30)18-6-10-20(11-7-18)27-23(29)15-33-25(31)19-8-12-22(13-9-19)32-14-21-16-34-17(3)26-21/h6-13,16H,4-5,14-15H2,1-3H3,(H,27,29). The molecule has 0 fully saturated rings. The van der Waals surface area contributed by atoms with Gasteiger partial charge < -0.3 is 19.7 Å². The highest BCUT2D eigenvalue weighted by atomic mass is 32.1. The fourth-order valence-corrected chi connectivity index (χ4v) is 3.72. The first-order valence-corrected chi connectivity index (χ1v) is 11.8. The number of rotatable bonds is 10. The molecule has 0 aliphatic heterocycles. The number of nitrogens with one attached hydrogen (secondary N) is 1. The lowest BCUT2D eigenvalue weighted by Gasteiger charge is -2.18. The Hall–Kier alpha value is -3.72. The summed E-state index contributed by atoms with van der Waals surface area (Å²) in [5.74, 6) is -0.555. The van der Waals surface area contributed by atoms with Gasteiger partial charge in [0.05, 0.1) is 16.3 Å². The van der Waals surface area contributed by atoms with E-state index in [1.165, 1.54) is 0 Å². The van der Waals surface area contributed by atoms with Gasteiger partial charge in [-0.05, 0) is 69.3 Å². The maximum Gasteiger partial charge on any atom is 0.338 e. The molecule has 0 aliphatic rings. The number of esters is 1. The van der Waals surface area contributed by atoms with E-state index in [9.17, 15) is 14.4 Å². The van der Waals surface area contributed by atoms with E-state index >= 15 is 0 Å². The van der Waals surface area contributed by atoms with Crippen molar-refractivity contribution >= 4 is 34.8 Å². The molecule has 9 heteroatoms. The predicted molar refractivity (Wildman–Crippen MR) is 130 cm³/mol. The number of benzene rings is 2. The third-order valence-electron chi connectivity index (χ3n) is 4.94. The third-order valence-corrected chi connectivity index (χ3v) is 5.77. The van der Waals surface area contributed by atoms with Crippen LogP contribution in [0.25, 0.3) is 0 Å². The summed E-state index contributed by atoms with van der Waals surface area (Å²) < 4.78 is 10.8. The summed E-state index contributed by atoms with van der Waals surface area (Å²) >= 11 is 1.56. The molecule has 0 aliphatic carbocycles. The Labute approximate surface area is 202 Å². The van der Waals surface area contributed by atoms with Crippen molar-refractivity contribution in [2.45, 2.75) is 27.4 Å². The number of aryl methyl sites for hydroxylation is 1. The number of aromatic nitrogens is 1. The van der Waals surface area contributed by atoms with Gasteiger partial charge in [-0.15, -0.1) is 11.3 Å². The Bertz CT molecular complexity index is 1120. The number of nitrogens with zero attached hydrogens (tertiary/aromatic N) is 2. The molecule has 0 saturated carbocycles. The van der Waals surface area contributed by atoms with Crippen LogP contribution in [0.2, 0.25) is 0 Å². The number of amides is 2. The topological polar surface area (TPSA) is 97.8 Å². The highest BCUT2D eigenvalue weighted by Crippen LogP contribution is 2.16. The molecule has 0 bridgehead atoms. The Morgan fingerprint density at radius 1 is 0.971 bits per heavy atom. The van der Waals surface area contributed by atoms with Crippen LogP contribution in [0.15, 0.2) is 53.9 Å². The zero-order chi connectivity index (χ0) is 24.5. The molecule has 178 valence electrons. The molecule has 1 heterocycles. The normalized spacial score (nSPS) is 10.4. The van der Waals surface area contributed by atoms with E-state index in [4.69, 9.17) is 9.47 Å². The molecule has 0 radical (unpaired) electrons. The number of carbonyl (C=O) groups excluding carboxylic acids is 3. The number of hydrogen-bond acceptors (Lipinski definition) is 7. The molecule has 2 amide bonds. The predicted octanol–water partition coefficient (Wildman–Crippen LogP) is 4.31. The highest BCUT2D eigenvalue weighted by molar-refractivity contribution is 7.09. The molecule has 2 aromatic carbocycles. The quantitative estimate of drug-likeness (QED) is 0.434. The Morgan fingerprint density at radius 2 is 1.62 bits per heavy atom. The fourth-order valence-electron chi connectivity index (χ4n) is 3.12. The van der Waals surface area contributed by atoms with E-state index < -0.39 is 18.5 Å². The minimum Gasteiger partial charge on any atom is -0.487 e. The number of hydrogen-bond donors (Lipinski definition) is 1. The highest BCUT2D eigenvalue weighted by Gasteiger charge is 2.14. The molecule has 8 nitrogen and oxygen atoms in total. The number of ether oxygens (including phenoxy) is 2. The zero-order valence-electron chi connectivity index (χ0n) is 19.4. The van der Waals surface area contributed by atoms with Crippen LogP contribution in [-0.4, -0.2) is 47.4 Å². The van der Waals surface area contributed by atoms with E-state index in [0.717, 1.165) is 10.7 Å². The van der Waals surface area contributed by atoms with E-state index in [1.807, 2.05) is 26.2 Å². The molecule has 0 unspecified atom stereocenters. The van der Waals surface area contributed by atoms with Gasteiger partial charge in [0.25, 0.3) is 11.8 Å². The monoisotopic (exact) mass is 481 g/mol. The second-order valence-electron chi connectivity index (χ2n) is 7.35. The molecule has 3 aromatic rings. The molecular formula is C25H27N3O5S. The first-order chi connectivity index (χ1) is 16.4. The molecule has 0 atom stereocenters. The van der Waals surface area contributed by atoms with Gasteiger partial charge in [-0.1, -0.05) is 0 Å². The zero-order valence-corrected chi connectivity index (χ0v) is 20.2. The van der Waals surface area contributed by atoms with Crippen LogP contribution in [0.1, 0.15) is 45.3 Å². The summed E-state index contributed by atoms with van der Waals surface area (Å²) in [6.07, 6.45) is 0. The molecule has 1 N–H and O–H groups in total. The minimum atomic E-state index is -0.614. The second-order valence-corrected chi connectivity index (χ2v) is 8.41. The van der Waals surface area contributed by atoms with Gasteiger partial charge in [0.2, 0.25) is 0 Å². The lowest BCUT2D eigenvalue weighted by Crippen LogP contribution is -2.30. The van der Waals surface area contributed by atoms with Crippen molar-refractivity contribution in [3.63, 3.8) is 0 Å². The van der Waals surface area contributed by atoms with Crippen LogP contribution in [0.3, 0.4) is 0 Å². The summed E-state index contributed by atoms with van der Waals surface area (Å²) in [6.45, 7) is 6.94. The maximum atomic E-state index is 12.3. The number of carbonyl (C=O) groups is 3. The van der Waals surface area contributed by atoms with Crippen molar-refractivity contribution in [1.82, 2.24) is 9.88 Å². The van der Waals surface area contributed by atoms with Crippen molar-refractivity contribution in [2.24, 2.45) is 0 Å². The van der Waals surface area contributed by atoms with E-state index in [1.54, 1.807) is 64.8 Å².